The van der Waals surface area contributed by atoms with Crippen LogP contribution in [0.3, 0.4) is 0 Å². The van der Waals surface area contributed by atoms with E-state index >= 15 is 0 Å². The number of fused-ring (bicyclic) bond motifs is 7. The molecule has 0 radical (unpaired) electrons. The quantitative estimate of drug-likeness (QED) is 0.156. The van der Waals surface area contributed by atoms with Crippen molar-refractivity contribution in [2.24, 2.45) is 52.3 Å². The molecule has 0 unspecified atom stereocenters. The summed E-state index contributed by atoms with van der Waals surface area (Å²) in [5, 5.41) is 35.1. The average Bonchev–Trinajstić information content (AvgIpc) is 3.98. The minimum absolute atomic E-state index is 0.0103. The molecule has 0 saturated heterocycles. The van der Waals surface area contributed by atoms with E-state index in [1.807, 2.05) is 6.92 Å². The fourth-order valence-corrected chi connectivity index (χ4v) is 12.3. The van der Waals surface area contributed by atoms with Gasteiger partial charge in [-0.1, -0.05) is 25.5 Å². The molecule has 11 nitrogen and oxygen atoms in total. The topological polar surface area (TPSA) is 174 Å². The number of methoxy groups -OCH3 is 1. The first kappa shape index (κ1) is 32.8. The summed E-state index contributed by atoms with van der Waals surface area (Å²) < 4.78 is 17.5. The number of esters is 3. The highest BCUT2D eigenvalue weighted by atomic mass is 16.6. The lowest BCUT2D eigenvalue weighted by Crippen LogP contribution is -2.67. The molecule has 0 bridgehead atoms. The molecule has 1 spiro atoms. The molecule has 0 amide bonds. The first-order valence-electron chi connectivity index (χ1n) is 17.4. The van der Waals surface area contributed by atoms with Crippen molar-refractivity contribution in [3.8, 4) is 0 Å². The van der Waals surface area contributed by atoms with Gasteiger partial charge in [-0.25, -0.2) is 14.4 Å². The van der Waals surface area contributed by atoms with E-state index in [1.54, 1.807) is 19.9 Å². The van der Waals surface area contributed by atoms with Crippen LogP contribution in [-0.4, -0.2) is 82.4 Å². The van der Waals surface area contributed by atoms with Crippen molar-refractivity contribution in [2.75, 3.05) is 20.3 Å². The van der Waals surface area contributed by atoms with Gasteiger partial charge in [0.05, 0.1) is 30.8 Å². The van der Waals surface area contributed by atoms with E-state index in [4.69, 9.17) is 14.2 Å². The summed E-state index contributed by atoms with van der Waals surface area (Å²) in [6.45, 7) is 7.82. The van der Waals surface area contributed by atoms with E-state index in [1.165, 1.54) is 14.0 Å². The molecule has 5 saturated carbocycles. The number of carbonyl (C=O) groups excluding carboxylic acids is 5. The van der Waals surface area contributed by atoms with Crippen LogP contribution in [-0.2, 0) is 38.2 Å². The molecule has 262 valence electrons. The number of hydrogen-bond donors (Lipinski definition) is 3. The van der Waals surface area contributed by atoms with Gasteiger partial charge >= 0.3 is 17.9 Å². The lowest BCUT2D eigenvalue weighted by atomic mass is 9.42. The maximum absolute atomic E-state index is 14.6. The molecular formula is C38H44O11. The summed E-state index contributed by atoms with van der Waals surface area (Å²) in [4.78, 5) is 67.5. The SMILES string of the molecule is C/C=C(\C)C(=O)OC[C@]1(O)[C@H]2C[C@H]2[C@]2(C)[C@@H]3CC4=C5[C@H](/C(=C(\CC(C)=O)C(=O)OC)C(=O)[C@H](O)[C@@]5(C)[C@@H]5C[C@H]45)[C@@]34OC(=O)C(CO)=C4C[C@@H]12. The third kappa shape index (κ3) is 3.71. The smallest absolute Gasteiger partial charge is 0.337 e. The maximum Gasteiger partial charge on any atom is 0.337 e. The number of Topliss-reactive ketones (excluding diaryl/α,β-unsaturated/α-hetero) is 2. The van der Waals surface area contributed by atoms with E-state index < -0.39 is 82.6 Å². The third-order valence-corrected chi connectivity index (χ3v) is 14.6. The first-order chi connectivity index (χ1) is 23.1. The third-order valence-electron chi connectivity index (χ3n) is 14.6. The Bertz CT molecular complexity index is 1800. The summed E-state index contributed by atoms with van der Waals surface area (Å²) in [7, 11) is 1.17. The van der Waals surface area contributed by atoms with E-state index in [2.05, 4.69) is 6.92 Å². The predicted octanol–water partition coefficient (Wildman–Crippen LogP) is 2.47. The fraction of sp³-hybridized carbons (Fsp3) is 0.658. The van der Waals surface area contributed by atoms with Gasteiger partial charge in [0.15, 0.2) is 5.78 Å². The number of aliphatic hydroxyl groups is 3. The Labute approximate surface area is 284 Å². The van der Waals surface area contributed by atoms with Crippen LogP contribution in [0.1, 0.15) is 66.7 Å². The molecule has 12 atom stereocenters. The van der Waals surface area contributed by atoms with Crippen LogP contribution in [0.4, 0.5) is 0 Å². The van der Waals surface area contributed by atoms with Crippen LogP contribution in [0.25, 0.3) is 0 Å². The highest BCUT2D eigenvalue weighted by Crippen LogP contribution is 2.83. The lowest BCUT2D eigenvalue weighted by molar-refractivity contribution is -0.191. The number of ketones is 2. The number of allylic oxidation sites excluding steroid dienone is 2. The number of rotatable bonds is 7. The molecule has 1 heterocycles. The Morgan fingerprint density at radius 3 is 2.37 bits per heavy atom. The highest BCUT2D eigenvalue weighted by molar-refractivity contribution is 6.11. The molecule has 7 aliphatic carbocycles. The normalized spacial score (nSPS) is 46.2. The van der Waals surface area contributed by atoms with Crippen LogP contribution in [0, 0.1) is 52.3 Å². The Balaban J connectivity index is 1.38. The largest absolute Gasteiger partial charge is 0.466 e. The molecule has 8 aliphatic rings. The number of aliphatic hydroxyl groups excluding tert-OH is 2. The fourth-order valence-electron chi connectivity index (χ4n) is 12.3. The summed E-state index contributed by atoms with van der Waals surface area (Å²) in [6.07, 6.45) is 1.84. The molecule has 8 rings (SSSR count). The van der Waals surface area contributed by atoms with Crippen molar-refractivity contribution in [3.63, 3.8) is 0 Å². The van der Waals surface area contributed by atoms with E-state index in [0.717, 1.165) is 17.6 Å². The van der Waals surface area contributed by atoms with Crippen LogP contribution in [0.5, 0.6) is 0 Å². The van der Waals surface area contributed by atoms with Crippen LogP contribution in [0.15, 0.2) is 45.1 Å². The molecule has 11 heteroatoms. The summed E-state index contributed by atoms with van der Waals surface area (Å²) in [5.41, 5.74) is -1.99. The summed E-state index contributed by atoms with van der Waals surface area (Å²) in [5.74, 6) is -5.25. The Hall–Kier alpha value is -3.41. The minimum atomic E-state index is -1.52. The second-order valence-electron chi connectivity index (χ2n) is 16.3. The number of hydrogen-bond acceptors (Lipinski definition) is 11. The van der Waals surface area contributed by atoms with Crippen molar-refractivity contribution in [1.82, 2.24) is 0 Å². The lowest BCUT2D eigenvalue weighted by Gasteiger charge is -2.63. The zero-order valence-electron chi connectivity index (χ0n) is 28.8. The highest BCUT2D eigenvalue weighted by Gasteiger charge is 2.84. The molecule has 5 fully saturated rings. The van der Waals surface area contributed by atoms with Crippen LogP contribution in [0.2, 0.25) is 0 Å². The zero-order valence-corrected chi connectivity index (χ0v) is 28.8. The van der Waals surface area contributed by atoms with Crippen LogP contribution < -0.4 is 0 Å². The van der Waals surface area contributed by atoms with Crippen molar-refractivity contribution >= 4 is 29.5 Å². The number of carbonyl (C=O) groups is 5. The second kappa shape index (κ2) is 10.1. The minimum Gasteiger partial charge on any atom is -0.466 e. The van der Waals surface area contributed by atoms with Gasteiger partial charge in [0.2, 0.25) is 0 Å². The van der Waals surface area contributed by atoms with Gasteiger partial charge in [-0.05, 0) is 86.7 Å². The predicted molar refractivity (Wildman–Crippen MR) is 170 cm³/mol. The molecular weight excluding hydrogens is 632 g/mol. The molecule has 1 aliphatic heterocycles. The van der Waals surface area contributed by atoms with Gasteiger partial charge in [0.25, 0.3) is 0 Å². The monoisotopic (exact) mass is 676 g/mol. The number of ether oxygens (including phenoxy) is 3. The average molecular weight is 677 g/mol. The molecule has 49 heavy (non-hydrogen) atoms. The molecule has 0 aromatic heterocycles. The Kier molecular flexibility index (Phi) is 6.76. The Morgan fingerprint density at radius 1 is 1.02 bits per heavy atom. The zero-order chi connectivity index (χ0) is 35.3. The van der Waals surface area contributed by atoms with Crippen molar-refractivity contribution < 1.29 is 53.5 Å². The molecule has 0 aromatic carbocycles. The summed E-state index contributed by atoms with van der Waals surface area (Å²) in [6, 6.07) is 0. The summed E-state index contributed by atoms with van der Waals surface area (Å²) >= 11 is 0. The van der Waals surface area contributed by atoms with Gasteiger partial charge in [-0.15, -0.1) is 0 Å². The standard InChI is InChI=1S/C38H44O11/c1-7-15(2)32(43)48-14-37(46)24-11-23(24)35(4)25(37)12-22-20(13-39)34(45)49-38(22)26(35)10-18-17-9-21(17)36(5)28(18)29(38)27(30(41)31(36)42)19(8-16(3)40)33(44)47-6/h7,17,21,23-26,29,31,39,42,46H,8-14H2,1-6H3/b15-7+,27-19-/t17-,21-,23-,24+,25-,26+,29+,31+,35+,36+,37+,38+/m1/s1. The van der Waals surface area contributed by atoms with E-state index in [0.29, 0.717) is 24.0 Å². The van der Waals surface area contributed by atoms with Crippen molar-refractivity contribution in [1.29, 1.82) is 0 Å². The van der Waals surface area contributed by atoms with Crippen molar-refractivity contribution in [3.05, 3.63) is 45.1 Å². The molecule has 3 N–H and O–H groups in total. The van der Waals surface area contributed by atoms with Gasteiger partial charge in [-0.3, -0.25) is 9.59 Å². The van der Waals surface area contributed by atoms with Gasteiger partial charge < -0.3 is 29.5 Å². The Morgan fingerprint density at radius 2 is 1.73 bits per heavy atom. The van der Waals surface area contributed by atoms with Crippen molar-refractivity contribution in [2.45, 2.75) is 84.0 Å². The first-order valence-corrected chi connectivity index (χ1v) is 17.4. The maximum atomic E-state index is 14.6. The second-order valence-corrected chi connectivity index (χ2v) is 16.3. The van der Waals surface area contributed by atoms with Gasteiger partial charge in [-0.2, -0.15) is 0 Å². The van der Waals surface area contributed by atoms with Gasteiger partial charge in [0, 0.05) is 34.8 Å². The molecule has 0 aromatic rings. The van der Waals surface area contributed by atoms with E-state index in [-0.39, 0.29) is 59.2 Å². The van der Waals surface area contributed by atoms with E-state index in [9.17, 15) is 39.3 Å². The van der Waals surface area contributed by atoms with Gasteiger partial charge in [0.1, 0.15) is 29.7 Å². The van der Waals surface area contributed by atoms with Crippen LogP contribution >= 0.6 is 0 Å².